The van der Waals surface area contributed by atoms with Gasteiger partial charge in [-0.25, -0.2) is 0 Å². The minimum absolute atomic E-state index is 1.23. The predicted molar refractivity (Wildman–Crippen MR) is 55.2 cm³/mol. The lowest BCUT2D eigenvalue weighted by atomic mass is 10.3. The molecule has 0 saturated carbocycles. The molecule has 2 heteroatoms. The first-order chi connectivity index (χ1) is 5.26. The molecule has 0 rings (SSSR count). The van der Waals surface area contributed by atoms with E-state index in [0.29, 0.717) is 0 Å². The van der Waals surface area contributed by atoms with E-state index in [2.05, 4.69) is 24.2 Å². The Labute approximate surface area is 73.3 Å². The van der Waals surface area contributed by atoms with Gasteiger partial charge in [0, 0.05) is 17.3 Å². The summed E-state index contributed by atoms with van der Waals surface area (Å²) in [6.45, 7) is 6.04. The van der Waals surface area contributed by atoms with Gasteiger partial charge in [0.1, 0.15) is 0 Å². The van der Waals surface area contributed by atoms with Gasteiger partial charge in [-0.05, 0) is 32.6 Å². The van der Waals surface area contributed by atoms with Gasteiger partial charge in [0.05, 0.1) is 0 Å². The van der Waals surface area contributed by atoms with Crippen LogP contribution in [0, 0.1) is 0 Å². The smallest absolute Gasteiger partial charge is 0.0402 e. The topological polar surface area (TPSA) is 12.4 Å². The van der Waals surface area contributed by atoms with E-state index in [-0.39, 0.29) is 0 Å². The van der Waals surface area contributed by atoms with E-state index in [4.69, 9.17) is 0 Å². The fourth-order valence-corrected chi connectivity index (χ4v) is 1.21. The third-order valence-corrected chi connectivity index (χ3v) is 2.25. The molecule has 0 aliphatic rings. The van der Waals surface area contributed by atoms with Crippen LogP contribution in [0.2, 0.25) is 0 Å². The van der Waals surface area contributed by atoms with Crippen molar-refractivity contribution in [3.63, 3.8) is 0 Å². The summed E-state index contributed by atoms with van der Waals surface area (Å²) < 4.78 is 0. The molecule has 0 aromatic carbocycles. The number of nitrogens with zero attached hydrogens (tertiary/aromatic N) is 1. The van der Waals surface area contributed by atoms with E-state index >= 15 is 0 Å². The molecule has 0 aliphatic carbocycles. The van der Waals surface area contributed by atoms with Gasteiger partial charge < -0.3 is 0 Å². The lowest BCUT2D eigenvalue weighted by Crippen LogP contribution is -1.77. The maximum absolute atomic E-state index is 4.06. The summed E-state index contributed by atoms with van der Waals surface area (Å²) in [7, 11) is 0. The van der Waals surface area contributed by atoms with Crippen molar-refractivity contribution in [3.05, 3.63) is 22.8 Å². The minimum atomic E-state index is 1.23. The van der Waals surface area contributed by atoms with Gasteiger partial charge >= 0.3 is 0 Å². The standard InChI is InChI=1S/C9H15NS/c1-5-8(3)9(11-4)7-10-6-2/h5-7H,1-4H3/b8-5+,9-7-,10-6?. The third kappa shape index (κ3) is 4.04. The largest absolute Gasteiger partial charge is 0.268 e. The molecule has 0 N–H and O–H groups in total. The third-order valence-electron chi connectivity index (χ3n) is 1.38. The van der Waals surface area contributed by atoms with Crippen LogP contribution in [0.15, 0.2) is 27.7 Å². The zero-order chi connectivity index (χ0) is 8.69. The second kappa shape index (κ2) is 6.23. The molecule has 0 aliphatic heterocycles. The van der Waals surface area contributed by atoms with Crippen LogP contribution in [0.1, 0.15) is 20.8 Å². The van der Waals surface area contributed by atoms with Crippen molar-refractivity contribution in [2.24, 2.45) is 4.99 Å². The lowest BCUT2D eigenvalue weighted by Gasteiger charge is -2.00. The second-order valence-corrected chi connectivity index (χ2v) is 2.92. The van der Waals surface area contributed by atoms with Crippen LogP contribution in [0.25, 0.3) is 0 Å². The molecule has 11 heavy (non-hydrogen) atoms. The summed E-state index contributed by atoms with van der Waals surface area (Å²) in [4.78, 5) is 5.29. The molecule has 0 spiro atoms. The normalized spacial score (nSPS) is 14.5. The molecule has 0 aromatic heterocycles. The van der Waals surface area contributed by atoms with Gasteiger partial charge in [0.2, 0.25) is 0 Å². The number of allylic oxidation sites excluding steroid dienone is 2. The molecule has 0 atom stereocenters. The van der Waals surface area contributed by atoms with Crippen LogP contribution in [0.4, 0.5) is 0 Å². The monoisotopic (exact) mass is 169 g/mol. The molecular weight excluding hydrogens is 154 g/mol. The van der Waals surface area contributed by atoms with Crippen LogP contribution >= 0.6 is 11.8 Å². The van der Waals surface area contributed by atoms with Crippen molar-refractivity contribution in [2.45, 2.75) is 20.8 Å². The van der Waals surface area contributed by atoms with Gasteiger partial charge in [0.25, 0.3) is 0 Å². The molecule has 0 aromatic rings. The van der Waals surface area contributed by atoms with Gasteiger partial charge in [-0.3, -0.25) is 4.99 Å². The van der Waals surface area contributed by atoms with Crippen LogP contribution < -0.4 is 0 Å². The summed E-state index contributed by atoms with van der Waals surface area (Å²) in [5.74, 6) is 0. The Morgan fingerprint density at radius 3 is 2.36 bits per heavy atom. The average molecular weight is 169 g/mol. The van der Waals surface area contributed by atoms with Crippen molar-refractivity contribution in [3.8, 4) is 0 Å². The number of rotatable bonds is 3. The van der Waals surface area contributed by atoms with Crippen molar-refractivity contribution in [1.82, 2.24) is 0 Å². The summed E-state index contributed by atoms with van der Waals surface area (Å²) in [5, 5.41) is 0. The molecule has 0 fully saturated rings. The Bertz CT molecular complexity index is 190. The summed E-state index contributed by atoms with van der Waals surface area (Å²) >= 11 is 1.72. The second-order valence-electron chi connectivity index (χ2n) is 2.08. The van der Waals surface area contributed by atoms with E-state index in [1.165, 1.54) is 10.5 Å². The van der Waals surface area contributed by atoms with Gasteiger partial charge in [-0.15, -0.1) is 11.8 Å². The fourth-order valence-electron chi connectivity index (χ4n) is 0.600. The van der Waals surface area contributed by atoms with Gasteiger partial charge in [0.15, 0.2) is 0 Å². The highest BCUT2D eigenvalue weighted by atomic mass is 32.2. The van der Waals surface area contributed by atoms with Gasteiger partial charge in [-0.2, -0.15) is 0 Å². The molecule has 0 amide bonds. The maximum Gasteiger partial charge on any atom is 0.0402 e. The number of aliphatic imine (C=N–C) groups is 1. The maximum atomic E-state index is 4.06. The van der Waals surface area contributed by atoms with Crippen molar-refractivity contribution < 1.29 is 0 Å². The Kier molecular flexibility index (Phi) is 5.94. The highest BCUT2D eigenvalue weighted by Gasteiger charge is 1.94. The van der Waals surface area contributed by atoms with Crippen LogP contribution in [-0.4, -0.2) is 12.5 Å². The van der Waals surface area contributed by atoms with Gasteiger partial charge in [-0.1, -0.05) is 6.08 Å². The van der Waals surface area contributed by atoms with E-state index < -0.39 is 0 Å². The molecule has 0 radical (unpaired) electrons. The summed E-state index contributed by atoms with van der Waals surface area (Å²) in [6.07, 6.45) is 7.83. The molecule has 0 unspecified atom stereocenters. The molecule has 0 bridgehead atoms. The quantitative estimate of drug-likeness (QED) is 0.466. The fraction of sp³-hybridized carbons (Fsp3) is 0.444. The van der Waals surface area contributed by atoms with Crippen LogP contribution in [0.5, 0.6) is 0 Å². The summed E-state index contributed by atoms with van der Waals surface area (Å²) in [5.41, 5.74) is 1.28. The Balaban J connectivity index is 4.39. The number of thioether (sulfide) groups is 1. The van der Waals surface area contributed by atoms with Crippen molar-refractivity contribution in [1.29, 1.82) is 0 Å². The lowest BCUT2D eigenvalue weighted by molar-refractivity contribution is 1.42. The predicted octanol–water partition coefficient (Wildman–Crippen LogP) is 3.25. The zero-order valence-corrected chi connectivity index (χ0v) is 8.40. The highest BCUT2D eigenvalue weighted by molar-refractivity contribution is 8.02. The average Bonchev–Trinajstić information content (AvgIpc) is 2.05. The Morgan fingerprint density at radius 1 is 1.36 bits per heavy atom. The number of hydrogen-bond donors (Lipinski definition) is 0. The van der Waals surface area contributed by atoms with E-state index in [1.54, 1.807) is 18.0 Å². The molecule has 1 nitrogen and oxygen atoms in total. The Hall–Kier alpha value is -0.500. The first-order valence-corrected chi connectivity index (χ1v) is 4.84. The van der Waals surface area contributed by atoms with E-state index in [9.17, 15) is 0 Å². The zero-order valence-electron chi connectivity index (χ0n) is 7.59. The Morgan fingerprint density at radius 2 is 2.00 bits per heavy atom. The highest BCUT2D eigenvalue weighted by Crippen LogP contribution is 2.20. The first kappa shape index (κ1) is 10.5. The SMILES string of the molecule is CC=N/C=C(SC)/C(C)=C/C. The van der Waals surface area contributed by atoms with Crippen LogP contribution in [0.3, 0.4) is 0 Å². The summed E-state index contributed by atoms with van der Waals surface area (Å²) in [6, 6.07) is 0. The van der Waals surface area contributed by atoms with Crippen LogP contribution in [-0.2, 0) is 0 Å². The molecule has 0 saturated heterocycles. The van der Waals surface area contributed by atoms with Crippen molar-refractivity contribution >= 4 is 18.0 Å². The van der Waals surface area contributed by atoms with E-state index in [1.807, 2.05) is 20.0 Å². The first-order valence-electron chi connectivity index (χ1n) is 3.61. The van der Waals surface area contributed by atoms with E-state index in [0.717, 1.165) is 0 Å². The molecule has 0 heterocycles. The minimum Gasteiger partial charge on any atom is -0.268 e. The van der Waals surface area contributed by atoms with Crippen molar-refractivity contribution in [2.75, 3.05) is 6.26 Å². The number of hydrogen-bond acceptors (Lipinski definition) is 2. The molecule has 62 valence electrons. The molecular formula is C9H15NS.